The Kier molecular flexibility index (Phi) is 4.20. The second kappa shape index (κ2) is 6.45. The minimum absolute atomic E-state index is 0.000874. The van der Waals surface area contributed by atoms with Gasteiger partial charge in [0.05, 0.1) is 16.7 Å². The zero-order valence-corrected chi connectivity index (χ0v) is 13.4. The Morgan fingerprint density at radius 2 is 1.92 bits per heavy atom. The van der Waals surface area contributed by atoms with Crippen LogP contribution in [0.4, 0.5) is 11.4 Å². The third-order valence-corrected chi connectivity index (χ3v) is 3.71. The SMILES string of the molecule is Cc1ccc(/C=N/N(C)c2c([N+](=O)[O-])ccc3ncccc23)cc1. The highest BCUT2D eigenvalue weighted by Crippen LogP contribution is 2.34. The van der Waals surface area contributed by atoms with E-state index in [1.807, 2.05) is 37.3 Å². The van der Waals surface area contributed by atoms with Crippen molar-refractivity contribution in [1.82, 2.24) is 4.98 Å². The summed E-state index contributed by atoms with van der Waals surface area (Å²) in [5, 5.41) is 18.0. The van der Waals surface area contributed by atoms with Gasteiger partial charge in [-0.2, -0.15) is 5.10 Å². The van der Waals surface area contributed by atoms with Crippen LogP contribution < -0.4 is 5.01 Å². The summed E-state index contributed by atoms with van der Waals surface area (Å²) in [5.74, 6) is 0. The topological polar surface area (TPSA) is 71.6 Å². The van der Waals surface area contributed by atoms with Crippen molar-refractivity contribution in [2.24, 2.45) is 5.10 Å². The van der Waals surface area contributed by atoms with Gasteiger partial charge in [0.2, 0.25) is 0 Å². The highest BCUT2D eigenvalue weighted by atomic mass is 16.6. The van der Waals surface area contributed by atoms with Crippen LogP contribution in [-0.4, -0.2) is 23.2 Å². The monoisotopic (exact) mass is 320 g/mol. The zero-order chi connectivity index (χ0) is 17.1. The van der Waals surface area contributed by atoms with Crippen molar-refractivity contribution in [2.45, 2.75) is 6.92 Å². The summed E-state index contributed by atoms with van der Waals surface area (Å²) < 4.78 is 0. The molecule has 0 amide bonds. The number of anilines is 1. The second-order valence-corrected chi connectivity index (χ2v) is 5.44. The number of aryl methyl sites for hydroxylation is 1. The zero-order valence-electron chi connectivity index (χ0n) is 13.4. The van der Waals surface area contributed by atoms with E-state index in [-0.39, 0.29) is 5.69 Å². The minimum atomic E-state index is -0.403. The number of aromatic nitrogens is 1. The first-order chi connectivity index (χ1) is 11.6. The molecule has 0 unspecified atom stereocenters. The van der Waals surface area contributed by atoms with Crippen LogP contribution in [0.1, 0.15) is 11.1 Å². The van der Waals surface area contributed by atoms with E-state index in [4.69, 9.17) is 0 Å². The lowest BCUT2D eigenvalue weighted by atomic mass is 10.1. The Hall–Kier alpha value is -3.28. The average molecular weight is 320 g/mol. The van der Waals surface area contributed by atoms with Gasteiger partial charge < -0.3 is 0 Å². The Morgan fingerprint density at radius 1 is 1.17 bits per heavy atom. The van der Waals surface area contributed by atoms with E-state index in [2.05, 4.69) is 10.1 Å². The maximum atomic E-state index is 11.4. The fraction of sp³-hybridized carbons (Fsp3) is 0.111. The van der Waals surface area contributed by atoms with Gasteiger partial charge in [0.25, 0.3) is 5.69 Å². The summed E-state index contributed by atoms with van der Waals surface area (Å²) in [5.41, 5.74) is 3.20. The maximum absolute atomic E-state index is 11.4. The highest BCUT2D eigenvalue weighted by Gasteiger charge is 2.20. The van der Waals surface area contributed by atoms with Crippen LogP contribution in [0.5, 0.6) is 0 Å². The van der Waals surface area contributed by atoms with E-state index in [1.165, 1.54) is 11.1 Å². The van der Waals surface area contributed by atoms with E-state index in [0.29, 0.717) is 16.6 Å². The maximum Gasteiger partial charge on any atom is 0.295 e. The largest absolute Gasteiger partial charge is 0.295 e. The fourth-order valence-corrected chi connectivity index (χ4v) is 2.48. The summed E-state index contributed by atoms with van der Waals surface area (Å²) >= 11 is 0. The van der Waals surface area contributed by atoms with Crippen LogP contribution in [0, 0.1) is 17.0 Å². The molecule has 0 fully saturated rings. The van der Waals surface area contributed by atoms with Crippen molar-refractivity contribution < 1.29 is 4.92 Å². The van der Waals surface area contributed by atoms with Crippen molar-refractivity contribution in [2.75, 3.05) is 12.1 Å². The van der Waals surface area contributed by atoms with Crippen LogP contribution in [0.25, 0.3) is 10.9 Å². The predicted octanol–water partition coefficient (Wildman–Crippen LogP) is 3.92. The molecular formula is C18H16N4O2. The van der Waals surface area contributed by atoms with Gasteiger partial charge in [-0.1, -0.05) is 29.8 Å². The number of hydrogen-bond donors (Lipinski definition) is 0. The summed E-state index contributed by atoms with van der Waals surface area (Å²) in [6.45, 7) is 2.01. The van der Waals surface area contributed by atoms with Crippen molar-refractivity contribution in [3.8, 4) is 0 Å². The van der Waals surface area contributed by atoms with Gasteiger partial charge in [0, 0.05) is 24.7 Å². The van der Waals surface area contributed by atoms with E-state index in [1.54, 1.807) is 31.6 Å². The van der Waals surface area contributed by atoms with E-state index < -0.39 is 4.92 Å². The molecule has 0 bridgehead atoms. The number of pyridine rings is 1. The molecule has 0 saturated heterocycles. The average Bonchev–Trinajstić information content (AvgIpc) is 2.59. The van der Waals surface area contributed by atoms with Gasteiger partial charge in [-0.15, -0.1) is 0 Å². The fourth-order valence-electron chi connectivity index (χ4n) is 2.48. The van der Waals surface area contributed by atoms with Crippen LogP contribution in [0.3, 0.4) is 0 Å². The van der Waals surface area contributed by atoms with E-state index in [9.17, 15) is 10.1 Å². The lowest BCUT2D eigenvalue weighted by molar-refractivity contribution is -0.384. The number of nitrogens with zero attached hydrogens (tertiary/aromatic N) is 4. The van der Waals surface area contributed by atoms with Gasteiger partial charge in [-0.3, -0.25) is 20.1 Å². The first kappa shape index (κ1) is 15.6. The van der Waals surface area contributed by atoms with Crippen LogP contribution in [0.15, 0.2) is 59.8 Å². The molecule has 0 saturated carbocycles. The Morgan fingerprint density at radius 3 is 2.62 bits per heavy atom. The third-order valence-electron chi connectivity index (χ3n) is 3.71. The molecule has 6 heteroatoms. The molecule has 1 aromatic heterocycles. The van der Waals surface area contributed by atoms with Crippen molar-refractivity contribution in [3.63, 3.8) is 0 Å². The van der Waals surface area contributed by atoms with E-state index >= 15 is 0 Å². The lowest BCUT2D eigenvalue weighted by Gasteiger charge is -2.15. The summed E-state index contributed by atoms with van der Waals surface area (Å²) in [6.07, 6.45) is 3.34. The van der Waals surface area contributed by atoms with Gasteiger partial charge in [0.15, 0.2) is 0 Å². The molecule has 6 nitrogen and oxygen atoms in total. The smallest absolute Gasteiger partial charge is 0.261 e. The third kappa shape index (κ3) is 3.08. The molecule has 3 rings (SSSR count). The number of hydrazone groups is 1. The number of fused-ring (bicyclic) bond motifs is 1. The molecule has 0 aliphatic rings. The van der Waals surface area contributed by atoms with Gasteiger partial charge in [-0.25, -0.2) is 0 Å². The molecule has 2 aromatic carbocycles. The van der Waals surface area contributed by atoms with Gasteiger partial charge in [-0.05, 0) is 30.7 Å². The Balaban J connectivity index is 2.04. The molecule has 0 spiro atoms. The van der Waals surface area contributed by atoms with Gasteiger partial charge in [0.1, 0.15) is 5.69 Å². The number of nitro groups is 1. The second-order valence-electron chi connectivity index (χ2n) is 5.44. The summed E-state index contributed by atoms with van der Waals surface area (Å²) in [4.78, 5) is 15.2. The predicted molar refractivity (Wildman–Crippen MR) is 95.6 cm³/mol. The normalized spacial score (nSPS) is 11.1. The van der Waals surface area contributed by atoms with Crippen LogP contribution in [0.2, 0.25) is 0 Å². The standard InChI is InChI=1S/C18H16N4O2/c1-13-5-7-14(8-6-13)12-20-21(2)18-15-4-3-11-19-16(15)9-10-17(18)22(23)24/h3-12H,1-2H3/b20-12+. The molecule has 0 radical (unpaired) electrons. The number of nitro benzene ring substituents is 1. The van der Waals surface area contributed by atoms with Crippen LogP contribution in [-0.2, 0) is 0 Å². The number of benzene rings is 2. The first-order valence-corrected chi connectivity index (χ1v) is 7.43. The molecule has 24 heavy (non-hydrogen) atoms. The Bertz CT molecular complexity index is 920. The molecule has 0 N–H and O–H groups in total. The first-order valence-electron chi connectivity index (χ1n) is 7.43. The molecule has 0 atom stereocenters. The van der Waals surface area contributed by atoms with Gasteiger partial charge >= 0.3 is 0 Å². The Labute approximate surface area is 139 Å². The highest BCUT2D eigenvalue weighted by molar-refractivity contribution is 5.97. The molecule has 3 aromatic rings. The molecule has 120 valence electrons. The van der Waals surface area contributed by atoms with Crippen molar-refractivity contribution in [3.05, 3.63) is 76.0 Å². The number of rotatable bonds is 4. The number of hydrogen-bond acceptors (Lipinski definition) is 5. The van der Waals surface area contributed by atoms with Crippen molar-refractivity contribution in [1.29, 1.82) is 0 Å². The quantitative estimate of drug-likeness (QED) is 0.415. The van der Waals surface area contributed by atoms with Crippen molar-refractivity contribution >= 4 is 28.5 Å². The summed E-state index contributed by atoms with van der Waals surface area (Å²) in [7, 11) is 1.69. The van der Waals surface area contributed by atoms with E-state index in [0.717, 1.165) is 11.1 Å². The molecular weight excluding hydrogens is 304 g/mol. The van der Waals surface area contributed by atoms with Crippen LogP contribution >= 0.6 is 0 Å². The lowest BCUT2D eigenvalue weighted by Crippen LogP contribution is -2.12. The molecule has 0 aliphatic carbocycles. The minimum Gasteiger partial charge on any atom is -0.261 e. The molecule has 0 aliphatic heterocycles. The summed E-state index contributed by atoms with van der Waals surface area (Å²) in [6, 6.07) is 14.6. The molecule has 1 heterocycles.